The van der Waals surface area contributed by atoms with Crippen molar-refractivity contribution in [3.8, 4) is 22.4 Å². The molecule has 5 aromatic rings. The molecule has 0 amide bonds. The van der Waals surface area contributed by atoms with E-state index in [1.165, 1.54) is 0 Å². The standard InChI is InChI=1S/C29H24Br2N2O2/c1-17-27-25(22-7-5-6-8-23(22)33(27)28(34)35-29(2,3)4)24(18-9-13-20(30)14-10-18)26(32-17)19-11-15-21(31)16-12-19/h5-16H,1-4H3. The van der Waals surface area contributed by atoms with Gasteiger partial charge in [0.2, 0.25) is 0 Å². The van der Waals surface area contributed by atoms with Gasteiger partial charge < -0.3 is 4.74 Å². The van der Waals surface area contributed by atoms with Crippen LogP contribution in [0.5, 0.6) is 0 Å². The van der Waals surface area contributed by atoms with Crippen molar-refractivity contribution in [1.29, 1.82) is 0 Å². The smallest absolute Gasteiger partial charge is 0.419 e. The van der Waals surface area contributed by atoms with E-state index in [0.717, 1.165) is 58.8 Å². The molecule has 0 aliphatic carbocycles. The molecule has 0 saturated heterocycles. The van der Waals surface area contributed by atoms with Gasteiger partial charge in [-0.25, -0.2) is 9.36 Å². The van der Waals surface area contributed by atoms with Crippen LogP contribution in [0.1, 0.15) is 26.5 Å². The van der Waals surface area contributed by atoms with Gasteiger partial charge in [-0.2, -0.15) is 0 Å². The van der Waals surface area contributed by atoms with Gasteiger partial charge in [0.05, 0.1) is 22.4 Å². The topological polar surface area (TPSA) is 44.1 Å². The van der Waals surface area contributed by atoms with Gasteiger partial charge in [-0.15, -0.1) is 0 Å². The first-order valence-corrected chi connectivity index (χ1v) is 12.9. The van der Waals surface area contributed by atoms with Gasteiger partial charge in [-0.1, -0.05) is 74.3 Å². The average molecular weight is 592 g/mol. The first kappa shape index (κ1) is 23.8. The Balaban J connectivity index is 1.95. The number of fused-ring (bicyclic) bond motifs is 3. The average Bonchev–Trinajstić information content (AvgIpc) is 3.15. The molecule has 0 N–H and O–H groups in total. The Morgan fingerprint density at radius 3 is 2.03 bits per heavy atom. The lowest BCUT2D eigenvalue weighted by atomic mass is 9.94. The number of nitrogens with zero attached hydrogens (tertiary/aromatic N) is 2. The molecule has 0 aliphatic rings. The van der Waals surface area contributed by atoms with E-state index in [1.54, 1.807) is 4.57 Å². The molecule has 3 aromatic carbocycles. The molecule has 6 heteroatoms. The second-order valence-corrected chi connectivity index (χ2v) is 11.3. The molecule has 0 saturated carbocycles. The van der Waals surface area contributed by atoms with Crippen molar-refractivity contribution in [1.82, 2.24) is 9.55 Å². The maximum Gasteiger partial charge on any atom is 0.419 e. The van der Waals surface area contributed by atoms with Crippen LogP contribution in [0.25, 0.3) is 44.2 Å². The summed E-state index contributed by atoms with van der Waals surface area (Å²) in [5.41, 5.74) is 5.59. The third kappa shape index (κ3) is 4.41. The molecule has 0 bridgehead atoms. The van der Waals surface area contributed by atoms with Crippen LogP contribution >= 0.6 is 31.9 Å². The summed E-state index contributed by atoms with van der Waals surface area (Å²) in [6.45, 7) is 7.59. The Morgan fingerprint density at radius 2 is 1.43 bits per heavy atom. The van der Waals surface area contributed by atoms with Crippen LogP contribution in [0, 0.1) is 6.92 Å². The third-order valence-corrected chi connectivity index (χ3v) is 6.87. The number of hydrogen-bond donors (Lipinski definition) is 0. The maximum absolute atomic E-state index is 13.5. The summed E-state index contributed by atoms with van der Waals surface area (Å²) in [6.07, 6.45) is -0.410. The van der Waals surface area contributed by atoms with Crippen molar-refractivity contribution in [2.24, 2.45) is 0 Å². The van der Waals surface area contributed by atoms with E-state index in [2.05, 4.69) is 62.2 Å². The van der Waals surface area contributed by atoms with Crippen LogP contribution in [0.4, 0.5) is 4.79 Å². The number of ether oxygens (including phenoxy) is 1. The minimum Gasteiger partial charge on any atom is -0.443 e. The van der Waals surface area contributed by atoms with Gasteiger partial charge in [-0.05, 0) is 63.6 Å². The van der Waals surface area contributed by atoms with E-state index < -0.39 is 11.7 Å². The molecular weight excluding hydrogens is 568 g/mol. The SMILES string of the molecule is Cc1nc(-c2ccc(Br)cc2)c(-c2ccc(Br)cc2)c2c3ccccc3n(C(=O)OC(C)(C)C)c12. The minimum atomic E-state index is -0.623. The van der Waals surface area contributed by atoms with Crippen LogP contribution in [-0.4, -0.2) is 21.2 Å². The number of aryl methyl sites for hydroxylation is 1. The van der Waals surface area contributed by atoms with E-state index in [0.29, 0.717) is 0 Å². The van der Waals surface area contributed by atoms with Crippen LogP contribution in [0.2, 0.25) is 0 Å². The van der Waals surface area contributed by atoms with Crippen molar-refractivity contribution in [2.45, 2.75) is 33.3 Å². The van der Waals surface area contributed by atoms with E-state index >= 15 is 0 Å². The Kier molecular flexibility index (Phi) is 6.06. The number of halogens is 2. The van der Waals surface area contributed by atoms with Gasteiger partial charge >= 0.3 is 6.09 Å². The second kappa shape index (κ2) is 8.92. The molecule has 5 rings (SSSR count). The van der Waals surface area contributed by atoms with Gasteiger partial charge in [0.25, 0.3) is 0 Å². The van der Waals surface area contributed by atoms with Crippen molar-refractivity contribution < 1.29 is 9.53 Å². The molecule has 176 valence electrons. The summed E-state index contributed by atoms with van der Waals surface area (Å²) < 4.78 is 9.50. The first-order chi connectivity index (χ1) is 16.6. The molecule has 35 heavy (non-hydrogen) atoms. The zero-order chi connectivity index (χ0) is 24.9. The molecule has 0 spiro atoms. The van der Waals surface area contributed by atoms with E-state index in [9.17, 15) is 4.79 Å². The van der Waals surface area contributed by atoms with Crippen molar-refractivity contribution >= 4 is 59.8 Å². The summed E-state index contributed by atoms with van der Waals surface area (Å²) >= 11 is 7.09. The highest BCUT2D eigenvalue weighted by atomic mass is 79.9. The van der Waals surface area contributed by atoms with E-state index in [4.69, 9.17) is 9.72 Å². The summed E-state index contributed by atoms with van der Waals surface area (Å²) in [4.78, 5) is 18.6. The lowest BCUT2D eigenvalue weighted by molar-refractivity contribution is 0.0551. The number of benzene rings is 3. The monoisotopic (exact) mass is 590 g/mol. The number of pyridine rings is 1. The molecule has 2 aromatic heterocycles. The van der Waals surface area contributed by atoms with Gasteiger partial charge in [0, 0.05) is 30.8 Å². The quantitative estimate of drug-likeness (QED) is 0.205. The fourth-order valence-corrected chi connectivity index (χ4v) is 4.97. The Morgan fingerprint density at radius 1 is 0.857 bits per heavy atom. The zero-order valence-corrected chi connectivity index (χ0v) is 23.1. The van der Waals surface area contributed by atoms with Crippen LogP contribution < -0.4 is 0 Å². The van der Waals surface area contributed by atoms with Gasteiger partial charge in [-0.3, -0.25) is 4.98 Å². The summed E-state index contributed by atoms with van der Waals surface area (Å²) in [7, 11) is 0. The number of rotatable bonds is 2. The van der Waals surface area contributed by atoms with Crippen LogP contribution in [0.15, 0.2) is 81.7 Å². The number of carbonyl (C=O) groups is 1. The van der Waals surface area contributed by atoms with Gasteiger partial charge in [0.1, 0.15) is 5.60 Å². The molecule has 2 heterocycles. The number of para-hydroxylation sites is 1. The van der Waals surface area contributed by atoms with Crippen molar-refractivity contribution in [3.63, 3.8) is 0 Å². The van der Waals surface area contributed by atoms with E-state index in [1.807, 2.05) is 70.2 Å². The van der Waals surface area contributed by atoms with Crippen LogP contribution in [-0.2, 0) is 4.74 Å². The van der Waals surface area contributed by atoms with Crippen molar-refractivity contribution in [2.75, 3.05) is 0 Å². The molecule has 0 radical (unpaired) electrons. The molecular formula is C29H24Br2N2O2. The summed E-state index contributed by atoms with van der Waals surface area (Å²) in [6, 6.07) is 24.4. The normalized spacial score (nSPS) is 11.8. The Labute approximate surface area is 221 Å². The molecule has 0 atom stereocenters. The molecule has 0 unspecified atom stereocenters. The summed E-state index contributed by atoms with van der Waals surface area (Å²) in [5.74, 6) is 0. The summed E-state index contributed by atoms with van der Waals surface area (Å²) in [5, 5.41) is 1.97. The van der Waals surface area contributed by atoms with Crippen LogP contribution in [0.3, 0.4) is 0 Å². The first-order valence-electron chi connectivity index (χ1n) is 11.3. The van der Waals surface area contributed by atoms with Crippen molar-refractivity contribution in [3.05, 3.63) is 87.4 Å². The number of aromatic nitrogens is 2. The largest absolute Gasteiger partial charge is 0.443 e. The number of carbonyl (C=O) groups excluding carboxylic acids is 1. The fourth-order valence-electron chi connectivity index (χ4n) is 4.44. The Hall–Kier alpha value is -2.96. The highest BCUT2D eigenvalue weighted by molar-refractivity contribution is 9.10. The highest BCUT2D eigenvalue weighted by Gasteiger charge is 2.27. The zero-order valence-electron chi connectivity index (χ0n) is 19.9. The number of hydrogen-bond acceptors (Lipinski definition) is 3. The fraction of sp³-hybridized carbons (Fsp3) is 0.172. The van der Waals surface area contributed by atoms with Gasteiger partial charge in [0.15, 0.2) is 0 Å². The van der Waals surface area contributed by atoms with E-state index in [-0.39, 0.29) is 0 Å². The lowest BCUT2D eigenvalue weighted by Gasteiger charge is -2.21. The maximum atomic E-state index is 13.5. The molecule has 4 nitrogen and oxygen atoms in total. The third-order valence-electron chi connectivity index (χ3n) is 5.81. The molecule has 0 fully saturated rings. The molecule has 0 aliphatic heterocycles. The second-order valence-electron chi connectivity index (χ2n) is 9.49. The predicted octanol–water partition coefficient (Wildman–Crippen LogP) is 9.14. The predicted molar refractivity (Wildman–Crippen MR) is 150 cm³/mol. The Bertz CT molecular complexity index is 1580. The lowest BCUT2D eigenvalue weighted by Crippen LogP contribution is -2.27. The minimum absolute atomic E-state index is 0.410. The highest BCUT2D eigenvalue weighted by Crippen LogP contribution is 2.43.